The van der Waals surface area contributed by atoms with Gasteiger partial charge in [-0.1, -0.05) is 30.3 Å². The third-order valence-corrected chi connectivity index (χ3v) is 7.55. The van der Waals surface area contributed by atoms with Crippen molar-refractivity contribution in [2.75, 3.05) is 26.9 Å². The minimum Gasteiger partial charge on any atom is -0.497 e. The summed E-state index contributed by atoms with van der Waals surface area (Å²) < 4.78 is 37.5. The fourth-order valence-corrected chi connectivity index (χ4v) is 6.25. The van der Waals surface area contributed by atoms with Gasteiger partial charge in [0, 0.05) is 24.5 Å². The predicted octanol–water partition coefficient (Wildman–Crippen LogP) is 2.62. The molecule has 0 saturated heterocycles. The normalized spacial score (nSPS) is 25.0. The number of nitrogens with two attached hydrogens (primary N) is 1. The van der Waals surface area contributed by atoms with Crippen molar-refractivity contribution in [2.45, 2.75) is 23.0 Å². The Kier molecular flexibility index (Phi) is 5.37. The molecule has 0 aliphatic heterocycles. The summed E-state index contributed by atoms with van der Waals surface area (Å²) in [5.41, 5.74) is 6.42. The van der Waals surface area contributed by atoms with Crippen LogP contribution in [0.25, 0.3) is 0 Å². The van der Waals surface area contributed by atoms with E-state index in [1.54, 1.807) is 31.4 Å². The predicted molar refractivity (Wildman–Crippen MR) is 101 cm³/mol. The average Bonchev–Trinajstić information content (AvgIpc) is 3.37. The maximum Gasteiger partial charge on any atom is 0.182 e. The molecule has 1 aliphatic rings. The first-order valence-corrected chi connectivity index (χ1v) is 10.3. The molecule has 3 rings (SSSR count). The van der Waals surface area contributed by atoms with E-state index in [1.807, 2.05) is 37.3 Å². The van der Waals surface area contributed by atoms with Crippen molar-refractivity contribution in [3.63, 3.8) is 0 Å². The molecule has 0 heterocycles. The lowest BCUT2D eigenvalue weighted by molar-refractivity contribution is 0.101. The SMILES string of the molecule is CCOCC1(CN)C(c2ccc(OC)cc2)C1S(=O)(=O)c1ccccc1. The molecule has 3 atom stereocenters. The summed E-state index contributed by atoms with van der Waals surface area (Å²) in [5, 5.41) is -0.595. The lowest BCUT2D eigenvalue weighted by Gasteiger charge is -2.16. The Hall–Kier alpha value is -1.89. The Labute approximate surface area is 155 Å². The highest BCUT2D eigenvalue weighted by Gasteiger charge is 2.70. The number of sulfone groups is 1. The molecule has 1 aliphatic carbocycles. The van der Waals surface area contributed by atoms with E-state index in [0.717, 1.165) is 11.3 Å². The number of ether oxygens (including phenoxy) is 2. The first kappa shape index (κ1) is 18.9. The number of hydrogen-bond acceptors (Lipinski definition) is 5. The minimum atomic E-state index is -3.52. The van der Waals surface area contributed by atoms with Gasteiger partial charge in [0.25, 0.3) is 0 Å². The zero-order chi connectivity index (χ0) is 18.8. The van der Waals surface area contributed by atoms with E-state index in [1.165, 1.54) is 0 Å². The molecule has 1 saturated carbocycles. The second-order valence-corrected chi connectivity index (χ2v) is 8.67. The van der Waals surface area contributed by atoms with Crippen molar-refractivity contribution < 1.29 is 17.9 Å². The van der Waals surface area contributed by atoms with E-state index in [-0.39, 0.29) is 12.5 Å². The fraction of sp³-hybridized carbons (Fsp3) is 0.400. The van der Waals surface area contributed by atoms with Gasteiger partial charge in [-0.2, -0.15) is 0 Å². The Morgan fingerprint density at radius 2 is 1.73 bits per heavy atom. The first-order valence-electron chi connectivity index (χ1n) is 8.72. The molecule has 0 aromatic heterocycles. The zero-order valence-electron chi connectivity index (χ0n) is 15.1. The van der Waals surface area contributed by atoms with Crippen molar-refractivity contribution in [2.24, 2.45) is 11.1 Å². The van der Waals surface area contributed by atoms with E-state index < -0.39 is 20.5 Å². The first-order chi connectivity index (χ1) is 12.5. The van der Waals surface area contributed by atoms with Gasteiger partial charge in [0.2, 0.25) is 0 Å². The Balaban J connectivity index is 2.02. The second kappa shape index (κ2) is 7.39. The van der Waals surface area contributed by atoms with Gasteiger partial charge < -0.3 is 15.2 Å². The van der Waals surface area contributed by atoms with E-state index in [4.69, 9.17) is 15.2 Å². The van der Waals surface area contributed by atoms with Crippen molar-refractivity contribution >= 4 is 9.84 Å². The van der Waals surface area contributed by atoms with Crippen LogP contribution in [0.4, 0.5) is 0 Å². The van der Waals surface area contributed by atoms with Gasteiger partial charge in [-0.15, -0.1) is 0 Å². The Morgan fingerprint density at radius 3 is 2.27 bits per heavy atom. The summed E-state index contributed by atoms with van der Waals surface area (Å²) in [4.78, 5) is 0.329. The third kappa shape index (κ3) is 3.13. The van der Waals surface area contributed by atoms with E-state index in [2.05, 4.69) is 0 Å². The smallest absolute Gasteiger partial charge is 0.182 e. The summed E-state index contributed by atoms with van der Waals surface area (Å²) in [6.45, 7) is 3.00. The monoisotopic (exact) mass is 375 g/mol. The van der Waals surface area contributed by atoms with Gasteiger partial charge in [-0.05, 0) is 36.8 Å². The number of benzene rings is 2. The van der Waals surface area contributed by atoms with Crippen LogP contribution in [-0.2, 0) is 14.6 Å². The molecule has 2 N–H and O–H groups in total. The summed E-state index contributed by atoms with van der Waals surface area (Å²) in [7, 11) is -1.91. The molecule has 0 spiro atoms. The zero-order valence-corrected chi connectivity index (χ0v) is 15.9. The van der Waals surface area contributed by atoms with Crippen LogP contribution in [0.5, 0.6) is 5.75 Å². The molecule has 2 aromatic rings. The maximum atomic E-state index is 13.3. The summed E-state index contributed by atoms with van der Waals surface area (Å²) in [6, 6.07) is 16.1. The van der Waals surface area contributed by atoms with Crippen molar-refractivity contribution in [1.82, 2.24) is 0 Å². The molecule has 0 bridgehead atoms. The molecule has 5 nitrogen and oxygen atoms in total. The summed E-state index contributed by atoms with van der Waals surface area (Å²) in [5.74, 6) is 0.537. The maximum absolute atomic E-state index is 13.3. The molecule has 3 unspecified atom stereocenters. The van der Waals surface area contributed by atoms with Gasteiger partial charge in [-0.25, -0.2) is 8.42 Å². The van der Waals surface area contributed by atoms with E-state index >= 15 is 0 Å². The minimum absolute atomic E-state index is 0.199. The highest BCUT2D eigenvalue weighted by Crippen LogP contribution is 2.63. The highest BCUT2D eigenvalue weighted by atomic mass is 32.2. The topological polar surface area (TPSA) is 78.6 Å². The van der Waals surface area contributed by atoms with Gasteiger partial charge in [0.15, 0.2) is 9.84 Å². The Bertz CT molecular complexity index is 836. The summed E-state index contributed by atoms with van der Waals surface area (Å²) >= 11 is 0. The molecule has 140 valence electrons. The van der Waals surface area contributed by atoms with Crippen molar-refractivity contribution in [3.8, 4) is 5.75 Å². The number of hydrogen-bond donors (Lipinski definition) is 1. The van der Waals surface area contributed by atoms with Gasteiger partial charge in [-0.3, -0.25) is 0 Å². The molecular weight excluding hydrogens is 350 g/mol. The molecule has 2 aromatic carbocycles. The van der Waals surface area contributed by atoms with Crippen LogP contribution in [0.3, 0.4) is 0 Å². The standard InChI is InChI=1S/C20H25NO4S/c1-3-25-14-20(13-21)18(15-9-11-16(24-2)12-10-15)19(20)26(22,23)17-7-5-4-6-8-17/h4-12,18-19H,3,13-14,21H2,1-2H3. The highest BCUT2D eigenvalue weighted by molar-refractivity contribution is 7.92. The number of rotatable bonds is 8. The quantitative estimate of drug-likeness (QED) is 0.767. The summed E-state index contributed by atoms with van der Waals surface area (Å²) in [6.07, 6.45) is 0. The second-order valence-electron chi connectivity index (χ2n) is 6.60. The van der Waals surface area contributed by atoms with Crippen LogP contribution in [0.1, 0.15) is 18.4 Å². The van der Waals surface area contributed by atoms with Crippen LogP contribution >= 0.6 is 0 Å². The van der Waals surface area contributed by atoms with Crippen LogP contribution in [0.2, 0.25) is 0 Å². The van der Waals surface area contributed by atoms with Gasteiger partial charge in [0.05, 0.1) is 23.9 Å². The molecule has 0 amide bonds. The lowest BCUT2D eigenvalue weighted by atomic mass is 10.00. The van der Waals surface area contributed by atoms with Crippen molar-refractivity contribution in [1.29, 1.82) is 0 Å². The fourth-order valence-electron chi connectivity index (χ4n) is 3.78. The van der Waals surface area contributed by atoms with Crippen LogP contribution in [0, 0.1) is 5.41 Å². The third-order valence-electron chi connectivity index (χ3n) is 5.22. The van der Waals surface area contributed by atoms with Gasteiger partial charge in [0.1, 0.15) is 5.75 Å². The van der Waals surface area contributed by atoms with E-state index in [9.17, 15) is 8.42 Å². The van der Waals surface area contributed by atoms with Crippen LogP contribution in [0.15, 0.2) is 59.5 Å². The van der Waals surface area contributed by atoms with E-state index in [0.29, 0.717) is 18.1 Å². The van der Waals surface area contributed by atoms with Crippen molar-refractivity contribution in [3.05, 3.63) is 60.2 Å². The Morgan fingerprint density at radius 1 is 1.08 bits per heavy atom. The molecule has 26 heavy (non-hydrogen) atoms. The molecule has 1 fully saturated rings. The van der Waals surface area contributed by atoms with Crippen LogP contribution in [-0.4, -0.2) is 40.5 Å². The number of methoxy groups -OCH3 is 1. The van der Waals surface area contributed by atoms with Crippen LogP contribution < -0.4 is 10.5 Å². The van der Waals surface area contributed by atoms with Gasteiger partial charge >= 0.3 is 0 Å². The largest absolute Gasteiger partial charge is 0.497 e. The molecule has 0 radical (unpaired) electrons. The molecule has 6 heteroatoms. The molecular formula is C20H25NO4S. The average molecular weight is 375 g/mol. The lowest BCUT2D eigenvalue weighted by Crippen LogP contribution is -2.29.